The van der Waals surface area contributed by atoms with Crippen molar-refractivity contribution in [1.82, 2.24) is 15.0 Å². The Balaban J connectivity index is 2.03. The highest BCUT2D eigenvalue weighted by atomic mass is 35.5. The smallest absolute Gasteiger partial charge is 0.261 e. The van der Waals surface area contributed by atoms with Crippen molar-refractivity contribution in [3.63, 3.8) is 0 Å². The van der Waals surface area contributed by atoms with Gasteiger partial charge in [-0.2, -0.15) is 0 Å². The van der Waals surface area contributed by atoms with Crippen LogP contribution in [0.3, 0.4) is 0 Å². The average molecular weight is 595 g/mol. The molecule has 0 fully saturated rings. The summed E-state index contributed by atoms with van der Waals surface area (Å²) in [5.74, 6) is -0.373. The molecule has 0 saturated carbocycles. The van der Waals surface area contributed by atoms with Gasteiger partial charge in [0.1, 0.15) is 11.3 Å². The van der Waals surface area contributed by atoms with Crippen LogP contribution in [-0.4, -0.2) is 29.2 Å². The first-order valence-electron chi connectivity index (χ1n) is 13.6. The molecule has 3 aromatic heterocycles. The standard InChI is InChI=1S/C32H39ClN4O3S/c1-16-14-21(12-13-23(16)33)41(39,40)37-27-18(3)26(32(9,10)11)20(5)34-28(27)29(38)22-15-24(31(6,7)8)36-30-25(22)17(2)19(4)35-30/h12-15,37H,1-11H3,(H,35,36). The average Bonchev–Trinajstić information content (AvgIpc) is 3.13. The van der Waals surface area contributed by atoms with Crippen molar-refractivity contribution in [3.05, 3.63) is 79.9 Å². The molecule has 0 aliphatic carbocycles. The van der Waals surface area contributed by atoms with E-state index in [0.717, 1.165) is 22.5 Å². The number of rotatable bonds is 5. The van der Waals surface area contributed by atoms with Crippen LogP contribution in [-0.2, 0) is 20.9 Å². The summed E-state index contributed by atoms with van der Waals surface area (Å²) in [5, 5.41) is 1.18. The third-order valence-electron chi connectivity index (χ3n) is 7.55. The first-order valence-corrected chi connectivity index (χ1v) is 15.5. The summed E-state index contributed by atoms with van der Waals surface area (Å²) in [6.45, 7) is 21.6. The van der Waals surface area contributed by atoms with Gasteiger partial charge in [0.2, 0.25) is 5.78 Å². The zero-order valence-electron chi connectivity index (χ0n) is 25.7. The quantitative estimate of drug-likeness (QED) is 0.230. The maximum absolute atomic E-state index is 14.6. The van der Waals surface area contributed by atoms with Gasteiger partial charge in [-0.05, 0) is 86.6 Å². The lowest BCUT2D eigenvalue weighted by Gasteiger charge is -2.27. The van der Waals surface area contributed by atoms with E-state index in [1.54, 1.807) is 13.0 Å². The minimum Gasteiger partial charge on any atom is -0.343 e. The van der Waals surface area contributed by atoms with Gasteiger partial charge in [-0.1, -0.05) is 53.1 Å². The molecule has 0 amide bonds. The van der Waals surface area contributed by atoms with Gasteiger partial charge >= 0.3 is 0 Å². The molecule has 218 valence electrons. The SMILES string of the molecule is Cc1cc(S(=O)(=O)Nc2c(C(=O)c3cc(C(C)(C)C)nc4[nH]c(C)c(C)c34)nc(C)c(C(C)(C)C)c2C)ccc1Cl. The Hall–Kier alpha value is -3.23. The number of anilines is 1. The highest BCUT2D eigenvalue weighted by molar-refractivity contribution is 7.92. The van der Waals surface area contributed by atoms with Crippen molar-refractivity contribution >= 4 is 44.1 Å². The van der Waals surface area contributed by atoms with E-state index in [9.17, 15) is 13.2 Å². The van der Waals surface area contributed by atoms with E-state index in [1.807, 2.05) is 75.3 Å². The summed E-state index contributed by atoms with van der Waals surface area (Å²) >= 11 is 6.17. The third kappa shape index (κ3) is 5.64. The number of nitrogens with zero attached hydrogens (tertiary/aromatic N) is 2. The minimum absolute atomic E-state index is 0.0490. The van der Waals surface area contributed by atoms with E-state index < -0.39 is 10.0 Å². The van der Waals surface area contributed by atoms with Crippen molar-refractivity contribution in [1.29, 1.82) is 0 Å². The van der Waals surface area contributed by atoms with E-state index in [0.29, 0.717) is 38.4 Å². The van der Waals surface area contributed by atoms with Gasteiger partial charge in [-0.25, -0.2) is 18.4 Å². The topological polar surface area (TPSA) is 105 Å². The lowest BCUT2D eigenvalue weighted by Crippen LogP contribution is -2.24. The lowest BCUT2D eigenvalue weighted by atomic mass is 9.82. The van der Waals surface area contributed by atoms with Gasteiger partial charge in [0.15, 0.2) is 0 Å². The van der Waals surface area contributed by atoms with Crippen LogP contribution in [0.25, 0.3) is 11.0 Å². The van der Waals surface area contributed by atoms with Crippen molar-refractivity contribution in [2.45, 2.75) is 91.9 Å². The van der Waals surface area contributed by atoms with Crippen LogP contribution in [0.2, 0.25) is 5.02 Å². The predicted octanol–water partition coefficient (Wildman–Crippen LogP) is 7.78. The number of carbonyl (C=O) groups is 1. The molecule has 2 N–H and O–H groups in total. The van der Waals surface area contributed by atoms with Gasteiger partial charge in [0.25, 0.3) is 10.0 Å². The number of carbonyl (C=O) groups excluding carboxylic acids is 1. The van der Waals surface area contributed by atoms with Crippen LogP contribution in [0, 0.1) is 34.6 Å². The second-order valence-electron chi connectivity index (χ2n) is 12.9. The van der Waals surface area contributed by atoms with Crippen LogP contribution in [0.1, 0.15) is 96.9 Å². The number of pyridine rings is 2. The number of hydrogen-bond acceptors (Lipinski definition) is 5. The number of hydrogen-bond donors (Lipinski definition) is 2. The van der Waals surface area contributed by atoms with Gasteiger partial charge in [-0.15, -0.1) is 0 Å². The number of fused-ring (bicyclic) bond motifs is 1. The number of aromatic amines is 1. The Labute approximate surface area is 248 Å². The monoisotopic (exact) mass is 594 g/mol. The van der Waals surface area contributed by atoms with Crippen molar-refractivity contribution in [3.8, 4) is 0 Å². The summed E-state index contributed by atoms with van der Waals surface area (Å²) in [6.07, 6.45) is 0. The zero-order valence-corrected chi connectivity index (χ0v) is 27.3. The van der Waals surface area contributed by atoms with E-state index in [1.165, 1.54) is 12.1 Å². The van der Waals surface area contributed by atoms with Crippen molar-refractivity contribution in [2.75, 3.05) is 4.72 Å². The first-order chi connectivity index (χ1) is 18.7. The molecular formula is C32H39ClN4O3S. The summed E-state index contributed by atoms with van der Waals surface area (Å²) in [5.41, 5.74) is 6.00. The van der Waals surface area contributed by atoms with Crippen molar-refractivity contribution < 1.29 is 13.2 Å². The molecule has 0 radical (unpaired) electrons. The molecule has 41 heavy (non-hydrogen) atoms. The van der Waals surface area contributed by atoms with Gasteiger partial charge in [0, 0.05) is 38.5 Å². The van der Waals surface area contributed by atoms with Crippen LogP contribution >= 0.6 is 11.6 Å². The molecule has 9 heteroatoms. The largest absolute Gasteiger partial charge is 0.343 e. The maximum Gasteiger partial charge on any atom is 0.261 e. The van der Waals surface area contributed by atoms with Crippen LogP contribution in [0.5, 0.6) is 0 Å². The highest BCUT2D eigenvalue weighted by Gasteiger charge is 2.31. The number of sulfonamides is 1. The van der Waals surface area contributed by atoms with Gasteiger partial charge in [-0.3, -0.25) is 9.52 Å². The lowest BCUT2D eigenvalue weighted by molar-refractivity contribution is 0.103. The molecule has 0 unspecified atom stereocenters. The molecule has 1 aromatic carbocycles. The Morgan fingerprint density at radius 2 is 1.54 bits per heavy atom. The number of halogens is 1. The normalized spacial score (nSPS) is 12.7. The van der Waals surface area contributed by atoms with Gasteiger partial charge in [0.05, 0.1) is 10.6 Å². The second-order valence-corrected chi connectivity index (χ2v) is 15.0. The summed E-state index contributed by atoms with van der Waals surface area (Å²) in [4.78, 5) is 27.5. The fourth-order valence-electron chi connectivity index (χ4n) is 5.39. The number of aromatic nitrogens is 3. The molecule has 4 rings (SSSR count). The first kappa shape index (κ1) is 30.7. The number of benzene rings is 1. The summed E-state index contributed by atoms with van der Waals surface area (Å²) < 4.78 is 30.2. The Morgan fingerprint density at radius 3 is 2.10 bits per heavy atom. The Morgan fingerprint density at radius 1 is 0.902 bits per heavy atom. The van der Waals surface area contributed by atoms with Crippen molar-refractivity contribution in [2.24, 2.45) is 0 Å². The molecule has 7 nitrogen and oxygen atoms in total. The molecule has 0 atom stereocenters. The summed E-state index contributed by atoms with van der Waals surface area (Å²) in [7, 11) is -4.09. The molecule has 4 aromatic rings. The Kier molecular flexibility index (Phi) is 7.68. The minimum atomic E-state index is -4.09. The van der Waals surface area contributed by atoms with E-state index in [4.69, 9.17) is 21.6 Å². The number of ketones is 1. The summed E-state index contributed by atoms with van der Waals surface area (Å²) in [6, 6.07) is 6.34. The molecule has 0 saturated heterocycles. The van der Waals surface area contributed by atoms with Crippen LogP contribution < -0.4 is 4.72 Å². The second kappa shape index (κ2) is 10.2. The molecule has 3 heterocycles. The van der Waals surface area contributed by atoms with E-state index in [2.05, 4.69) is 9.71 Å². The fraction of sp³-hybridized carbons (Fsp3) is 0.406. The highest BCUT2D eigenvalue weighted by Crippen LogP contribution is 2.37. The number of nitrogens with one attached hydrogen (secondary N) is 2. The maximum atomic E-state index is 14.6. The molecule has 0 spiro atoms. The van der Waals surface area contributed by atoms with E-state index >= 15 is 0 Å². The fourth-order valence-corrected chi connectivity index (χ4v) is 6.72. The third-order valence-corrected chi connectivity index (χ3v) is 9.32. The van der Waals surface area contributed by atoms with Crippen LogP contribution in [0.4, 0.5) is 5.69 Å². The van der Waals surface area contributed by atoms with E-state index in [-0.39, 0.29) is 32.9 Å². The van der Waals surface area contributed by atoms with Crippen LogP contribution in [0.15, 0.2) is 29.2 Å². The zero-order chi connectivity index (χ0) is 30.8. The molecule has 0 aliphatic heterocycles. The van der Waals surface area contributed by atoms with Gasteiger partial charge < -0.3 is 4.98 Å². The predicted molar refractivity (Wildman–Crippen MR) is 167 cm³/mol. The molecule has 0 aliphatic rings. The molecular weight excluding hydrogens is 556 g/mol. The number of H-pyrrole nitrogens is 1. The number of aryl methyl sites for hydroxylation is 4. The Bertz CT molecular complexity index is 1820. The molecule has 0 bridgehead atoms.